The maximum Gasteiger partial charge on any atom is 0.227 e. The van der Waals surface area contributed by atoms with Gasteiger partial charge in [0.15, 0.2) is 0 Å². The zero-order chi connectivity index (χ0) is 14.0. The third-order valence-electron chi connectivity index (χ3n) is 4.54. The Hall–Kier alpha value is -1.10. The van der Waals surface area contributed by atoms with Crippen molar-refractivity contribution in [2.75, 3.05) is 26.2 Å². The summed E-state index contributed by atoms with van der Waals surface area (Å²) < 4.78 is 0. The number of carbonyl (C=O) groups excluding carboxylic acids is 2. The number of rotatable bonds is 3. The highest BCUT2D eigenvalue weighted by Gasteiger charge is 2.36. The van der Waals surface area contributed by atoms with E-state index in [1.807, 2.05) is 18.7 Å². The first kappa shape index (κ1) is 14.3. The zero-order valence-electron chi connectivity index (χ0n) is 12.0. The molecule has 0 aliphatic carbocycles. The number of hydrogen-bond acceptors (Lipinski definition) is 3. The van der Waals surface area contributed by atoms with Crippen LogP contribution in [-0.2, 0) is 9.59 Å². The molecule has 19 heavy (non-hydrogen) atoms. The molecular weight excluding hydrogens is 242 g/mol. The van der Waals surface area contributed by atoms with Gasteiger partial charge in [0.25, 0.3) is 0 Å². The van der Waals surface area contributed by atoms with E-state index >= 15 is 0 Å². The fourth-order valence-electron chi connectivity index (χ4n) is 3.15. The van der Waals surface area contributed by atoms with Crippen molar-refractivity contribution in [2.45, 2.75) is 39.2 Å². The Morgan fingerprint density at radius 3 is 2.53 bits per heavy atom. The van der Waals surface area contributed by atoms with E-state index in [4.69, 9.17) is 5.73 Å². The van der Waals surface area contributed by atoms with E-state index in [0.717, 1.165) is 25.9 Å². The standard InChI is InChI=1S/C14H25N3O2/c1-3-16-9-12(8-13(16)18)14(19)17-6-4-11(5-7-17)10(2)15/h10-12H,3-9,15H2,1-2H3. The highest BCUT2D eigenvalue weighted by atomic mass is 16.2. The number of amides is 2. The molecule has 2 N–H and O–H groups in total. The Labute approximate surface area is 115 Å². The molecule has 2 heterocycles. The Kier molecular flexibility index (Phi) is 4.45. The van der Waals surface area contributed by atoms with Crippen molar-refractivity contribution in [2.24, 2.45) is 17.6 Å². The number of carbonyl (C=O) groups is 2. The van der Waals surface area contributed by atoms with Crippen molar-refractivity contribution in [1.29, 1.82) is 0 Å². The van der Waals surface area contributed by atoms with Gasteiger partial charge in [0.1, 0.15) is 0 Å². The molecule has 0 radical (unpaired) electrons. The minimum absolute atomic E-state index is 0.117. The molecular formula is C14H25N3O2. The van der Waals surface area contributed by atoms with Crippen LogP contribution in [-0.4, -0.2) is 53.8 Å². The highest BCUT2D eigenvalue weighted by molar-refractivity contribution is 5.89. The second-order valence-electron chi connectivity index (χ2n) is 5.86. The number of piperidine rings is 1. The molecule has 0 aromatic carbocycles. The molecule has 2 aliphatic rings. The smallest absolute Gasteiger partial charge is 0.227 e. The van der Waals surface area contributed by atoms with Crippen LogP contribution < -0.4 is 5.73 Å². The fraction of sp³-hybridized carbons (Fsp3) is 0.857. The van der Waals surface area contributed by atoms with Crippen LogP contribution >= 0.6 is 0 Å². The number of nitrogens with two attached hydrogens (primary N) is 1. The van der Waals surface area contributed by atoms with Gasteiger partial charge in [-0.15, -0.1) is 0 Å². The summed E-state index contributed by atoms with van der Waals surface area (Å²) in [5.41, 5.74) is 5.91. The van der Waals surface area contributed by atoms with Gasteiger partial charge < -0.3 is 15.5 Å². The maximum atomic E-state index is 12.4. The lowest BCUT2D eigenvalue weighted by molar-refractivity contribution is -0.137. The molecule has 2 amide bonds. The summed E-state index contributed by atoms with van der Waals surface area (Å²) in [5.74, 6) is 0.680. The van der Waals surface area contributed by atoms with Crippen LogP contribution in [0.15, 0.2) is 0 Å². The SMILES string of the molecule is CCN1CC(C(=O)N2CCC(C(C)N)CC2)CC1=O. The Morgan fingerprint density at radius 1 is 1.42 bits per heavy atom. The van der Waals surface area contributed by atoms with Crippen molar-refractivity contribution in [3.8, 4) is 0 Å². The average Bonchev–Trinajstić information content (AvgIpc) is 2.79. The fourth-order valence-corrected chi connectivity index (χ4v) is 3.15. The predicted molar refractivity (Wildman–Crippen MR) is 73.3 cm³/mol. The Bertz CT molecular complexity index is 349. The first-order valence-corrected chi connectivity index (χ1v) is 7.35. The summed E-state index contributed by atoms with van der Waals surface area (Å²) in [5, 5.41) is 0. The van der Waals surface area contributed by atoms with Crippen molar-refractivity contribution >= 4 is 11.8 Å². The predicted octanol–water partition coefficient (Wildman–Crippen LogP) is 0.441. The van der Waals surface area contributed by atoms with Gasteiger partial charge in [-0.1, -0.05) is 0 Å². The van der Waals surface area contributed by atoms with Gasteiger partial charge >= 0.3 is 0 Å². The Morgan fingerprint density at radius 2 is 2.05 bits per heavy atom. The van der Waals surface area contributed by atoms with Crippen LogP contribution in [0, 0.1) is 11.8 Å². The highest BCUT2D eigenvalue weighted by Crippen LogP contribution is 2.24. The Balaban J connectivity index is 1.87. The second-order valence-corrected chi connectivity index (χ2v) is 5.86. The van der Waals surface area contributed by atoms with Crippen LogP contribution in [0.3, 0.4) is 0 Å². The zero-order valence-corrected chi connectivity index (χ0v) is 12.0. The largest absolute Gasteiger partial charge is 0.342 e. The average molecular weight is 267 g/mol. The topological polar surface area (TPSA) is 66.6 Å². The van der Waals surface area contributed by atoms with Crippen molar-refractivity contribution in [1.82, 2.24) is 9.80 Å². The van der Waals surface area contributed by atoms with Crippen LogP contribution in [0.2, 0.25) is 0 Å². The monoisotopic (exact) mass is 267 g/mol. The van der Waals surface area contributed by atoms with Crippen molar-refractivity contribution < 1.29 is 9.59 Å². The van der Waals surface area contributed by atoms with E-state index in [0.29, 0.717) is 25.4 Å². The van der Waals surface area contributed by atoms with Gasteiger partial charge in [0.05, 0.1) is 5.92 Å². The molecule has 5 heteroatoms. The van der Waals surface area contributed by atoms with E-state index in [1.165, 1.54) is 0 Å². The summed E-state index contributed by atoms with van der Waals surface area (Å²) in [6.07, 6.45) is 2.36. The first-order valence-electron chi connectivity index (χ1n) is 7.35. The summed E-state index contributed by atoms with van der Waals surface area (Å²) in [6, 6.07) is 0.209. The minimum atomic E-state index is -0.126. The molecule has 0 saturated carbocycles. The first-order chi connectivity index (χ1) is 9.02. The molecule has 2 unspecified atom stereocenters. The molecule has 2 fully saturated rings. The summed E-state index contributed by atoms with van der Waals surface area (Å²) in [6.45, 7) is 6.89. The molecule has 2 atom stereocenters. The summed E-state index contributed by atoms with van der Waals surface area (Å²) >= 11 is 0. The van der Waals surface area contributed by atoms with Gasteiger partial charge in [-0.2, -0.15) is 0 Å². The van der Waals surface area contributed by atoms with Crippen LogP contribution in [0.1, 0.15) is 33.1 Å². The van der Waals surface area contributed by atoms with E-state index in [2.05, 4.69) is 0 Å². The minimum Gasteiger partial charge on any atom is -0.342 e. The molecule has 2 rings (SSSR count). The number of nitrogens with zero attached hydrogens (tertiary/aromatic N) is 2. The van der Waals surface area contributed by atoms with E-state index in [1.54, 1.807) is 4.90 Å². The van der Waals surface area contributed by atoms with E-state index in [9.17, 15) is 9.59 Å². The molecule has 0 aromatic rings. The molecule has 0 spiro atoms. The lowest BCUT2D eigenvalue weighted by atomic mass is 9.90. The van der Waals surface area contributed by atoms with Crippen molar-refractivity contribution in [3.63, 3.8) is 0 Å². The maximum absolute atomic E-state index is 12.4. The lowest BCUT2D eigenvalue weighted by Crippen LogP contribution is -2.45. The van der Waals surface area contributed by atoms with Gasteiger partial charge in [-0.3, -0.25) is 9.59 Å². The van der Waals surface area contributed by atoms with E-state index in [-0.39, 0.29) is 23.8 Å². The molecule has 0 aromatic heterocycles. The van der Waals surface area contributed by atoms with Crippen LogP contribution in [0.4, 0.5) is 0 Å². The summed E-state index contributed by atoms with van der Waals surface area (Å²) in [7, 11) is 0. The van der Waals surface area contributed by atoms with Crippen LogP contribution in [0.25, 0.3) is 0 Å². The summed E-state index contributed by atoms with van der Waals surface area (Å²) in [4.78, 5) is 27.8. The van der Waals surface area contributed by atoms with Crippen LogP contribution in [0.5, 0.6) is 0 Å². The molecule has 0 bridgehead atoms. The molecule has 5 nitrogen and oxygen atoms in total. The quantitative estimate of drug-likeness (QED) is 0.807. The third-order valence-corrected chi connectivity index (χ3v) is 4.54. The van der Waals surface area contributed by atoms with Crippen molar-refractivity contribution in [3.05, 3.63) is 0 Å². The third kappa shape index (κ3) is 3.08. The van der Waals surface area contributed by atoms with Gasteiger partial charge in [-0.25, -0.2) is 0 Å². The van der Waals surface area contributed by atoms with E-state index < -0.39 is 0 Å². The van der Waals surface area contributed by atoms with Gasteiger partial charge in [0.2, 0.25) is 11.8 Å². The normalized spacial score (nSPS) is 26.9. The molecule has 2 saturated heterocycles. The van der Waals surface area contributed by atoms with Gasteiger partial charge in [-0.05, 0) is 32.6 Å². The molecule has 108 valence electrons. The van der Waals surface area contributed by atoms with Gasteiger partial charge in [0, 0.05) is 38.6 Å². The second kappa shape index (κ2) is 5.90. The lowest BCUT2D eigenvalue weighted by Gasteiger charge is -2.35. The number of likely N-dealkylation sites (tertiary alicyclic amines) is 2. The number of hydrogen-bond donors (Lipinski definition) is 1. The molecule has 2 aliphatic heterocycles.